The molecule has 1 unspecified atom stereocenters. The van der Waals surface area contributed by atoms with E-state index >= 15 is 0 Å². The van der Waals surface area contributed by atoms with Crippen LogP contribution in [-0.4, -0.2) is 40.2 Å². The third kappa shape index (κ3) is 2.33. The van der Waals surface area contributed by atoms with Crippen molar-refractivity contribution in [2.75, 3.05) is 23.0 Å². The van der Waals surface area contributed by atoms with Gasteiger partial charge in [-0.25, -0.2) is 9.78 Å². The predicted molar refractivity (Wildman–Crippen MR) is 82.8 cm³/mol. The van der Waals surface area contributed by atoms with Gasteiger partial charge in [0.2, 0.25) is 0 Å². The van der Waals surface area contributed by atoms with E-state index in [0.717, 1.165) is 34.6 Å². The fraction of sp³-hybridized carbons (Fsp3) is 0.333. The molecule has 104 valence electrons. The summed E-state index contributed by atoms with van der Waals surface area (Å²) in [6.45, 7) is 3.07. The van der Waals surface area contributed by atoms with Crippen LogP contribution >= 0.6 is 11.8 Å². The number of hydrogen-bond donors (Lipinski definition) is 1. The highest BCUT2D eigenvalue weighted by atomic mass is 32.2. The second-order valence-electron chi connectivity index (χ2n) is 4.97. The van der Waals surface area contributed by atoms with Crippen molar-refractivity contribution in [3.8, 4) is 0 Å². The van der Waals surface area contributed by atoms with Crippen molar-refractivity contribution < 1.29 is 9.90 Å². The van der Waals surface area contributed by atoms with Gasteiger partial charge < -0.3 is 10.0 Å². The van der Waals surface area contributed by atoms with Crippen LogP contribution in [0.2, 0.25) is 0 Å². The highest BCUT2D eigenvalue weighted by Crippen LogP contribution is 2.30. The lowest BCUT2D eigenvalue weighted by molar-refractivity contribution is 0.0691. The third-order valence-corrected chi connectivity index (χ3v) is 4.77. The number of rotatable bonds is 2. The monoisotopic (exact) mass is 288 g/mol. The molecule has 1 aliphatic rings. The quantitative estimate of drug-likeness (QED) is 0.921. The molecule has 1 aliphatic heterocycles. The molecular formula is C15H16N2O2S. The van der Waals surface area contributed by atoms with E-state index in [4.69, 9.17) is 0 Å². The van der Waals surface area contributed by atoms with Crippen molar-refractivity contribution in [2.24, 2.45) is 0 Å². The Kier molecular flexibility index (Phi) is 3.53. The Morgan fingerprint density at radius 2 is 2.25 bits per heavy atom. The molecule has 0 radical (unpaired) electrons. The van der Waals surface area contributed by atoms with Crippen LogP contribution in [-0.2, 0) is 0 Å². The van der Waals surface area contributed by atoms with Crippen molar-refractivity contribution in [3.05, 3.63) is 36.0 Å². The molecule has 1 saturated heterocycles. The number of hydrogen-bond acceptors (Lipinski definition) is 4. The lowest BCUT2D eigenvalue weighted by Crippen LogP contribution is -2.41. The van der Waals surface area contributed by atoms with E-state index in [2.05, 4.69) is 16.8 Å². The molecule has 3 rings (SSSR count). The van der Waals surface area contributed by atoms with Crippen LogP contribution in [0.15, 0.2) is 30.3 Å². The molecule has 4 nitrogen and oxygen atoms in total. The number of carboxylic acids is 1. The first-order valence-corrected chi connectivity index (χ1v) is 7.80. The molecule has 2 heterocycles. The van der Waals surface area contributed by atoms with Crippen molar-refractivity contribution in [1.82, 2.24) is 4.98 Å². The molecule has 20 heavy (non-hydrogen) atoms. The van der Waals surface area contributed by atoms with Crippen LogP contribution in [0.3, 0.4) is 0 Å². The normalized spacial score (nSPS) is 19.2. The average Bonchev–Trinajstić information content (AvgIpc) is 2.46. The van der Waals surface area contributed by atoms with Gasteiger partial charge in [-0.1, -0.05) is 24.3 Å². The van der Waals surface area contributed by atoms with E-state index in [1.54, 1.807) is 6.07 Å². The summed E-state index contributed by atoms with van der Waals surface area (Å²) in [6, 6.07) is 9.86. The SMILES string of the molecule is CC1CSCCN1c1nc(C(=O)O)cc2ccccc12. The number of anilines is 1. The van der Waals surface area contributed by atoms with Gasteiger partial charge in [-0.05, 0) is 18.4 Å². The van der Waals surface area contributed by atoms with Crippen LogP contribution in [0.4, 0.5) is 5.82 Å². The number of pyridine rings is 1. The van der Waals surface area contributed by atoms with E-state index in [1.165, 1.54) is 0 Å². The molecule has 1 aromatic carbocycles. The lowest BCUT2D eigenvalue weighted by atomic mass is 10.1. The Labute approximate surface area is 121 Å². The molecule has 1 N–H and O–H groups in total. The lowest BCUT2D eigenvalue weighted by Gasteiger charge is -2.34. The first kappa shape index (κ1) is 13.2. The molecule has 0 spiro atoms. The van der Waals surface area contributed by atoms with Crippen molar-refractivity contribution in [2.45, 2.75) is 13.0 Å². The maximum atomic E-state index is 11.3. The zero-order valence-electron chi connectivity index (χ0n) is 11.2. The van der Waals surface area contributed by atoms with Crippen LogP contribution in [0, 0.1) is 0 Å². The van der Waals surface area contributed by atoms with Crippen molar-refractivity contribution in [1.29, 1.82) is 0 Å². The number of carbonyl (C=O) groups is 1. The van der Waals surface area contributed by atoms with Gasteiger partial charge >= 0.3 is 5.97 Å². The molecule has 1 aromatic heterocycles. The van der Waals surface area contributed by atoms with E-state index < -0.39 is 5.97 Å². The second kappa shape index (κ2) is 5.32. The smallest absolute Gasteiger partial charge is 0.354 e. The summed E-state index contributed by atoms with van der Waals surface area (Å²) in [7, 11) is 0. The summed E-state index contributed by atoms with van der Waals surface area (Å²) >= 11 is 1.93. The maximum Gasteiger partial charge on any atom is 0.354 e. The second-order valence-corrected chi connectivity index (χ2v) is 6.12. The van der Waals surface area contributed by atoms with Gasteiger partial charge in [0.05, 0.1) is 0 Å². The van der Waals surface area contributed by atoms with Gasteiger partial charge in [-0.3, -0.25) is 0 Å². The maximum absolute atomic E-state index is 11.3. The first-order valence-electron chi connectivity index (χ1n) is 6.64. The summed E-state index contributed by atoms with van der Waals surface area (Å²) in [4.78, 5) is 17.9. The van der Waals surface area contributed by atoms with Gasteiger partial charge in [0.15, 0.2) is 5.69 Å². The largest absolute Gasteiger partial charge is 0.477 e. The predicted octanol–water partition coefficient (Wildman–Crippen LogP) is 2.87. The Bertz CT molecular complexity index is 659. The number of aromatic nitrogens is 1. The van der Waals surface area contributed by atoms with E-state index in [0.29, 0.717) is 6.04 Å². The summed E-state index contributed by atoms with van der Waals surface area (Å²) < 4.78 is 0. The molecule has 0 aliphatic carbocycles. The number of carboxylic acid groups (broad SMARTS) is 1. The van der Waals surface area contributed by atoms with Gasteiger partial charge in [-0.2, -0.15) is 11.8 Å². The number of nitrogens with zero attached hydrogens (tertiary/aromatic N) is 2. The Balaban J connectivity index is 2.18. The molecule has 0 amide bonds. The van der Waals surface area contributed by atoms with E-state index in [1.807, 2.05) is 36.0 Å². The highest BCUT2D eigenvalue weighted by molar-refractivity contribution is 7.99. The van der Waals surface area contributed by atoms with Gasteiger partial charge in [0.1, 0.15) is 5.82 Å². The minimum Gasteiger partial charge on any atom is -0.477 e. The molecular weight excluding hydrogens is 272 g/mol. The number of aromatic carboxylic acids is 1. The van der Waals surface area contributed by atoms with Gasteiger partial charge in [0, 0.05) is 29.5 Å². The zero-order valence-corrected chi connectivity index (χ0v) is 12.1. The van der Waals surface area contributed by atoms with Crippen LogP contribution in [0.5, 0.6) is 0 Å². The van der Waals surface area contributed by atoms with Gasteiger partial charge in [0.25, 0.3) is 0 Å². The van der Waals surface area contributed by atoms with Crippen LogP contribution in [0.1, 0.15) is 17.4 Å². The molecule has 1 fully saturated rings. The van der Waals surface area contributed by atoms with Crippen molar-refractivity contribution >= 4 is 34.3 Å². The van der Waals surface area contributed by atoms with Crippen LogP contribution in [0.25, 0.3) is 10.8 Å². The Hall–Kier alpha value is -1.75. The minimum absolute atomic E-state index is 0.115. The van der Waals surface area contributed by atoms with Gasteiger partial charge in [-0.15, -0.1) is 0 Å². The molecule has 0 bridgehead atoms. The fourth-order valence-corrected chi connectivity index (χ4v) is 3.56. The number of benzene rings is 1. The summed E-state index contributed by atoms with van der Waals surface area (Å²) in [5, 5.41) is 11.2. The standard InChI is InChI=1S/C15H16N2O2S/c1-10-9-20-7-6-17(10)14-12-5-3-2-4-11(12)8-13(16-14)15(18)19/h2-5,8,10H,6-7,9H2,1H3,(H,18,19). The Morgan fingerprint density at radius 3 is 3.00 bits per heavy atom. The third-order valence-electron chi connectivity index (χ3n) is 3.58. The van der Waals surface area contributed by atoms with Crippen molar-refractivity contribution in [3.63, 3.8) is 0 Å². The zero-order chi connectivity index (χ0) is 14.1. The highest BCUT2D eigenvalue weighted by Gasteiger charge is 2.23. The fourth-order valence-electron chi connectivity index (χ4n) is 2.55. The van der Waals surface area contributed by atoms with Crippen LogP contribution < -0.4 is 4.90 Å². The number of thioether (sulfide) groups is 1. The Morgan fingerprint density at radius 1 is 1.45 bits per heavy atom. The summed E-state index contributed by atoms with van der Waals surface area (Å²) in [5.74, 6) is 1.93. The minimum atomic E-state index is -0.976. The molecule has 5 heteroatoms. The molecule has 0 saturated carbocycles. The average molecular weight is 288 g/mol. The van der Waals surface area contributed by atoms with E-state index in [9.17, 15) is 9.90 Å². The van der Waals surface area contributed by atoms with E-state index in [-0.39, 0.29) is 5.69 Å². The number of fused-ring (bicyclic) bond motifs is 1. The molecule has 1 atom stereocenters. The molecule has 2 aromatic rings. The topological polar surface area (TPSA) is 53.4 Å². The summed E-state index contributed by atoms with van der Waals surface area (Å²) in [5.41, 5.74) is 0.115. The summed E-state index contributed by atoms with van der Waals surface area (Å²) in [6.07, 6.45) is 0. The first-order chi connectivity index (χ1) is 9.66.